The molecule has 7 heteroatoms. The molecular formula is C18H20N4O3. The predicted molar refractivity (Wildman–Crippen MR) is 98.0 cm³/mol. The van der Waals surface area contributed by atoms with Crippen molar-refractivity contribution in [2.45, 2.75) is 6.61 Å². The Morgan fingerprint density at radius 1 is 1.16 bits per heavy atom. The van der Waals surface area contributed by atoms with Crippen molar-refractivity contribution in [1.82, 2.24) is 4.98 Å². The van der Waals surface area contributed by atoms with Crippen molar-refractivity contribution in [2.24, 2.45) is 11.5 Å². The first-order valence-electron chi connectivity index (χ1n) is 7.57. The molecule has 2 amide bonds. The number of carbonyl (C=O) groups excluding carboxylic acids is 2. The highest BCUT2D eigenvalue weighted by atomic mass is 16.3. The lowest BCUT2D eigenvalue weighted by Gasteiger charge is -2.03. The zero-order valence-electron chi connectivity index (χ0n) is 13.7. The van der Waals surface area contributed by atoms with E-state index >= 15 is 0 Å². The molecule has 130 valence electrons. The molecule has 1 aromatic heterocycles. The molecule has 0 aliphatic rings. The summed E-state index contributed by atoms with van der Waals surface area (Å²) < 4.78 is 0. The molecule has 0 saturated carbocycles. The van der Waals surface area contributed by atoms with Crippen LogP contribution in [0.1, 0.15) is 15.9 Å². The summed E-state index contributed by atoms with van der Waals surface area (Å²) in [6.45, 7) is -0.00135. The second kappa shape index (κ2) is 8.09. The SMILES string of the molecule is CN.NC(=O)c1c(NC=O)[nH]c2cc(-c3ccc(CO)cc3)ccc12. The van der Waals surface area contributed by atoms with Crippen molar-refractivity contribution in [3.8, 4) is 11.1 Å². The molecule has 7 nitrogen and oxygen atoms in total. The minimum atomic E-state index is -0.611. The van der Waals surface area contributed by atoms with Crippen molar-refractivity contribution in [1.29, 1.82) is 0 Å². The molecule has 0 aliphatic heterocycles. The van der Waals surface area contributed by atoms with Gasteiger partial charge in [0.2, 0.25) is 6.41 Å². The van der Waals surface area contributed by atoms with E-state index in [9.17, 15) is 9.59 Å². The number of fused-ring (bicyclic) bond motifs is 1. The average Bonchev–Trinajstić information content (AvgIpc) is 3.01. The number of hydrogen-bond acceptors (Lipinski definition) is 4. The van der Waals surface area contributed by atoms with Gasteiger partial charge in [-0.2, -0.15) is 0 Å². The highest BCUT2D eigenvalue weighted by Gasteiger charge is 2.16. The maximum atomic E-state index is 11.6. The smallest absolute Gasteiger partial charge is 0.253 e. The lowest BCUT2D eigenvalue weighted by atomic mass is 10.0. The zero-order chi connectivity index (χ0) is 18.4. The van der Waals surface area contributed by atoms with E-state index in [1.54, 1.807) is 6.07 Å². The summed E-state index contributed by atoms with van der Waals surface area (Å²) in [6.07, 6.45) is 0.492. The van der Waals surface area contributed by atoms with E-state index in [0.717, 1.165) is 16.7 Å². The van der Waals surface area contributed by atoms with Crippen LogP contribution in [0.3, 0.4) is 0 Å². The standard InChI is InChI=1S/C17H15N3O3.CH5N/c18-16(23)15-13-6-5-12(7-14(13)20-17(15)19-9-22)11-3-1-10(8-21)2-4-11;1-2/h1-7,9,20-21H,8H2,(H2,18,23)(H,19,22);2H2,1H3. The first-order chi connectivity index (χ1) is 12.1. The molecule has 25 heavy (non-hydrogen) atoms. The number of H-pyrrole nitrogens is 1. The third-order valence-corrected chi connectivity index (χ3v) is 3.72. The molecule has 0 aliphatic carbocycles. The van der Waals surface area contributed by atoms with Gasteiger partial charge in [0.15, 0.2) is 0 Å². The van der Waals surface area contributed by atoms with Gasteiger partial charge in [0.05, 0.1) is 12.2 Å². The Morgan fingerprint density at radius 2 is 1.80 bits per heavy atom. The van der Waals surface area contributed by atoms with E-state index in [-0.39, 0.29) is 18.0 Å². The van der Waals surface area contributed by atoms with Gasteiger partial charge < -0.3 is 26.9 Å². The lowest BCUT2D eigenvalue weighted by Crippen LogP contribution is -2.13. The number of nitrogens with one attached hydrogen (secondary N) is 2. The number of carbonyl (C=O) groups is 2. The fraction of sp³-hybridized carbons (Fsp3) is 0.111. The highest BCUT2D eigenvalue weighted by Crippen LogP contribution is 2.30. The molecular weight excluding hydrogens is 320 g/mol. The van der Waals surface area contributed by atoms with Gasteiger partial charge in [0, 0.05) is 10.9 Å². The van der Waals surface area contributed by atoms with E-state index in [4.69, 9.17) is 10.8 Å². The number of nitrogens with two attached hydrogens (primary N) is 2. The molecule has 0 atom stereocenters. The number of rotatable bonds is 5. The second-order valence-corrected chi connectivity index (χ2v) is 5.12. The zero-order valence-corrected chi connectivity index (χ0v) is 13.7. The molecule has 3 aromatic rings. The average molecular weight is 340 g/mol. The van der Waals surface area contributed by atoms with Gasteiger partial charge in [0.25, 0.3) is 5.91 Å². The van der Waals surface area contributed by atoms with Crippen LogP contribution in [0, 0.1) is 0 Å². The summed E-state index contributed by atoms with van der Waals surface area (Å²) in [5.41, 5.74) is 13.6. The van der Waals surface area contributed by atoms with Gasteiger partial charge in [-0.15, -0.1) is 0 Å². The van der Waals surface area contributed by atoms with E-state index in [0.29, 0.717) is 17.3 Å². The maximum Gasteiger partial charge on any atom is 0.253 e. The van der Waals surface area contributed by atoms with Crippen LogP contribution < -0.4 is 16.8 Å². The molecule has 0 radical (unpaired) electrons. The second-order valence-electron chi connectivity index (χ2n) is 5.12. The van der Waals surface area contributed by atoms with Crippen molar-refractivity contribution in [3.05, 3.63) is 53.6 Å². The number of hydrogen-bond donors (Lipinski definition) is 5. The first kappa shape index (κ1) is 18.2. The monoisotopic (exact) mass is 340 g/mol. The molecule has 1 heterocycles. The fourth-order valence-electron chi connectivity index (χ4n) is 2.60. The fourth-order valence-corrected chi connectivity index (χ4v) is 2.60. The van der Waals surface area contributed by atoms with Crippen LogP contribution in [-0.2, 0) is 11.4 Å². The van der Waals surface area contributed by atoms with Crippen molar-refractivity contribution >= 4 is 29.0 Å². The third kappa shape index (κ3) is 3.68. The van der Waals surface area contributed by atoms with Gasteiger partial charge in [-0.25, -0.2) is 0 Å². The van der Waals surface area contributed by atoms with E-state index in [1.807, 2.05) is 36.4 Å². The highest BCUT2D eigenvalue weighted by molar-refractivity contribution is 6.12. The Morgan fingerprint density at radius 3 is 2.36 bits per heavy atom. The molecule has 7 N–H and O–H groups in total. The Kier molecular flexibility index (Phi) is 5.89. The minimum absolute atomic E-state index is 0.00135. The number of aliphatic hydroxyl groups excluding tert-OH is 1. The topological polar surface area (TPSA) is 134 Å². The van der Waals surface area contributed by atoms with Crippen molar-refractivity contribution in [2.75, 3.05) is 12.4 Å². The number of benzene rings is 2. The normalized spacial score (nSPS) is 10.0. The summed E-state index contributed by atoms with van der Waals surface area (Å²) in [6, 6.07) is 13.1. The molecule has 0 bridgehead atoms. The molecule has 0 fully saturated rings. The number of aromatic amines is 1. The quantitative estimate of drug-likeness (QED) is 0.451. The minimum Gasteiger partial charge on any atom is -0.392 e. The molecule has 0 saturated heterocycles. The maximum absolute atomic E-state index is 11.6. The van der Waals surface area contributed by atoms with Crippen LogP contribution in [0.2, 0.25) is 0 Å². The Bertz CT molecular complexity index is 885. The van der Waals surface area contributed by atoms with Crippen LogP contribution in [0.25, 0.3) is 22.0 Å². The Hall–Kier alpha value is -3.16. The van der Waals surface area contributed by atoms with Gasteiger partial charge in [-0.3, -0.25) is 9.59 Å². The summed E-state index contributed by atoms with van der Waals surface area (Å²) in [4.78, 5) is 25.3. The molecule has 3 rings (SSSR count). The number of aromatic nitrogens is 1. The lowest BCUT2D eigenvalue weighted by molar-refractivity contribution is -0.105. The largest absolute Gasteiger partial charge is 0.392 e. The van der Waals surface area contributed by atoms with E-state index < -0.39 is 5.91 Å². The van der Waals surface area contributed by atoms with Crippen LogP contribution in [0.15, 0.2) is 42.5 Å². The van der Waals surface area contributed by atoms with Crippen LogP contribution in [0.4, 0.5) is 5.82 Å². The van der Waals surface area contributed by atoms with E-state index in [2.05, 4.69) is 16.0 Å². The first-order valence-corrected chi connectivity index (χ1v) is 7.57. The Balaban J connectivity index is 0.00000109. The van der Waals surface area contributed by atoms with Gasteiger partial charge in [-0.05, 0) is 29.8 Å². The number of anilines is 1. The van der Waals surface area contributed by atoms with Crippen LogP contribution in [-0.4, -0.2) is 29.5 Å². The van der Waals surface area contributed by atoms with Crippen LogP contribution >= 0.6 is 0 Å². The van der Waals surface area contributed by atoms with Crippen LogP contribution in [0.5, 0.6) is 0 Å². The third-order valence-electron chi connectivity index (χ3n) is 3.72. The Labute approximate surface area is 144 Å². The molecule has 0 spiro atoms. The summed E-state index contributed by atoms with van der Waals surface area (Å²) >= 11 is 0. The van der Waals surface area contributed by atoms with Crippen molar-refractivity contribution < 1.29 is 14.7 Å². The van der Waals surface area contributed by atoms with E-state index in [1.165, 1.54) is 7.05 Å². The number of primary amides is 1. The summed E-state index contributed by atoms with van der Waals surface area (Å²) in [7, 11) is 1.50. The van der Waals surface area contributed by atoms with Gasteiger partial charge in [0.1, 0.15) is 5.82 Å². The van der Waals surface area contributed by atoms with Gasteiger partial charge >= 0.3 is 0 Å². The van der Waals surface area contributed by atoms with Crippen molar-refractivity contribution in [3.63, 3.8) is 0 Å². The number of amides is 2. The predicted octanol–water partition coefficient (Wildman–Crippen LogP) is 1.57. The summed E-state index contributed by atoms with van der Waals surface area (Å²) in [5.74, 6) is -0.323. The molecule has 0 unspecified atom stereocenters. The van der Waals surface area contributed by atoms with Gasteiger partial charge in [-0.1, -0.05) is 36.4 Å². The molecule has 2 aromatic carbocycles. The number of aliphatic hydroxyl groups is 1. The summed E-state index contributed by atoms with van der Waals surface area (Å²) in [5, 5.41) is 12.2.